The average molecular weight is 303 g/mol. The minimum atomic E-state index is -0.306. The van der Waals surface area contributed by atoms with Crippen LogP contribution in [0.25, 0.3) is 0 Å². The second kappa shape index (κ2) is 7.70. The summed E-state index contributed by atoms with van der Waals surface area (Å²) in [7, 11) is 0. The molecule has 0 amide bonds. The molecule has 1 rings (SSSR count). The smallest absolute Gasteiger partial charge is 0.166 e. The van der Waals surface area contributed by atoms with Crippen LogP contribution in [-0.2, 0) is 0 Å². The quantitative estimate of drug-likeness (QED) is 0.619. The molecule has 17 heavy (non-hydrogen) atoms. The lowest BCUT2D eigenvalue weighted by Crippen LogP contribution is -2.12. The van der Waals surface area contributed by atoms with Crippen LogP contribution in [0.5, 0.6) is 5.75 Å². The van der Waals surface area contributed by atoms with E-state index in [-0.39, 0.29) is 11.9 Å². The minimum Gasteiger partial charge on any atom is -0.488 e. The van der Waals surface area contributed by atoms with Crippen molar-refractivity contribution in [3.8, 4) is 5.75 Å². The maximum atomic E-state index is 13.5. The first-order chi connectivity index (χ1) is 8.13. The molecule has 0 aliphatic rings. The lowest BCUT2D eigenvalue weighted by atomic mass is 10.1. The Labute approximate surface area is 111 Å². The molecule has 96 valence electrons. The molecule has 0 saturated carbocycles. The Hall–Kier alpha value is -0.570. The van der Waals surface area contributed by atoms with Crippen molar-refractivity contribution in [3.05, 3.63) is 28.5 Å². The van der Waals surface area contributed by atoms with E-state index in [2.05, 4.69) is 22.9 Å². The molecule has 3 heteroatoms. The van der Waals surface area contributed by atoms with Crippen molar-refractivity contribution in [2.45, 2.75) is 52.1 Å². The zero-order valence-electron chi connectivity index (χ0n) is 10.5. The predicted octanol–water partition coefficient (Wildman–Crippen LogP) is 5.33. The lowest BCUT2D eigenvalue weighted by Gasteiger charge is -2.15. The van der Waals surface area contributed by atoms with E-state index in [9.17, 15) is 4.39 Å². The first-order valence-electron chi connectivity index (χ1n) is 6.25. The molecule has 0 N–H and O–H groups in total. The van der Waals surface area contributed by atoms with Crippen LogP contribution < -0.4 is 4.74 Å². The van der Waals surface area contributed by atoms with Gasteiger partial charge in [-0.15, -0.1) is 0 Å². The van der Waals surface area contributed by atoms with Crippen LogP contribution in [-0.4, -0.2) is 6.10 Å². The largest absolute Gasteiger partial charge is 0.488 e. The highest BCUT2D eigenvalue weighted by Crippen LogP contribution is 2.23. The molecule has 1 unspecified atom stereocenters. The normalized spacial score (nSPS) is 12.5. The van der Waals surface area contributed by atoms with Gasteiger partial charge in [-0.3, -0.25) is 0 Å². The van der Waals surface area contributed by atoms with Crippen molar-refractivity contribution in [2.75, 3.05) is 0 Å². The SMILES string of the molecule is CCCCCCC(C)Oc1ccc(Br)cc1F. The second-order valence-electron chi connectivity index (χ2n) is 4.35. The number of benzene rings is 1. The lowest BCUT2D eigenvalue weighted by molar-refractivity contribution is 0.197. The molecule has 1 nitrogen and oxygen atoms in total. The average Bonchev–Trinajstić information content (AvgIpc) is 2.28. The first kappa shape index (κ1) is 14.5. The highest BCUT2D eigenvalue weighted by atomic mass is 79.9. The standard InChI is InChI=1S/C14H20BrFO/c1-3-4-5-6-7-11(2)17-14-9-8-12(15)10-13(14)16/h8-11H,3-7H2,1-2H3. The molecule has 0 bridgehead atoms. The molecular weight excluding hydrogens is 283 g/mol. The molecule has 1 aromatic rings. The zero-order valence-corrected chi connectivity index (χ0v) is 12.1. The number of halogens is 2. The van der Waals surface area contributed by atoms with Gasteiger partial charge in [0, 0.05) is 4.47 Å². The van der Waals surface area contributed by atoms with Crippen molar-refractivity contribution in [1.29, 1.82) is 0 Å². The molecule has 0 heterocycles. The Morgan fingerprint density at radius 3 is 2.71 bits per heavy atom. The van der Waals surface area contributed by atoms with Crippen LogP contribution in [0.3, 0.4) is 0 Å². The van der Waals surface area contributed by atoms with Crippen molar-refractivity contribution in [2.24, 2.45) is 0 Å². The van der Waals surface area contributed by atoms with Gasteiger partial charge in [-0.2, -0.15) is 0 Å². The van der Waals surface area contributed by atoms with Crippen molar-refractivity contribution >= 4 is 15.9 Å². The molecule has 0 saturated heterocycles. The maximum Gasteiger partial charge on any atom is 0.166 e. The van der Waals surface area contributed by atoms with Crippen LogP contribution in [0, 0.1) is 5.82 Å². The van der Waals surface area contributed by atoms with E-state index in [0.717, 1.165) is 17.3 Å². The van der Waals surface area contributed by atoms with Crippen LogP contribution in [0.2, 0.25) is 0 Å². The number of ether oxygens (including phenoxy) is 1. The Kier molecular flexibility index (Phi) is 6.56. The van der Waals surface area contributed by atoms with Gasteiger partial charge in [0.05, 0.1) is 6.10 Å². The van der Waals surface area contributed by atoms with Gasteiger partial charge in [-0.05, 0) is 38.0 Å². The van der Waals surface area contributed by atoms with E-state index in [4.69, 9.17) is 4.74 Å². The molecule has 0 aromatic heterocycles. The summed E-state index contributed by atoms with van der Waals surface area (Å²) >= 11 is 3.23. The van der Waals surface area contributed by atoms with Gasteiger partial charge in [-0.1, -0.05) is 42.1 Å². The van der Waals surface area contributed by atoms with E-state index in [1.807, 2.05) is 6.92 Å². The third-order valence-electron chi connectivity index (χ3n) is 2.69. The zero-order chi connectivity index (χ0) is 12.7. The van der Waals surface area contributed by atoms with E-state index in [0.29, 0.717) is 5.75 Å². The first-order valence-corrected chi connectivity index (χ1v) is 7.04. The fraction of sp³-hybridized carbons (Fsp3) is 0.571. The van der Waals surface area contributed by atoms with Gasteiger partial charge in [0.15, 0.2) is 11.6 Å². The second-order valence-corrected chi connectivity index (χ2v) is 5.27. The fourth-order valence-corrected chi connectivity index (χ4v) is 2.04. The van der Waals surface area contributed by atoms with Crippen LogP contribution in [0.1, 0.15) is 46.0 Å². The predicted molar refractivity (Wildman–Crippen MR) is 72.9 cm³/mol. The molecule has 0 aliphatic carbocycles. The summed E-state index contributed by atoms with van der Waals surface area (Å²) in [4.78, 5) is 0. The van der Waals surface area contributed by atoms with Gasteiger partial charge < -0.3 is 4.74 Å². The summed E-state index contributed by atoms with van der Waals surface area (Å²) in [5.74, 6) is 0.0379. The Morgan fingerprint density at radius 2 is 2.06 bits per heavy atom. The highest BCUT2D eigenvalue weighted by molar-refractivity contribution is 9.10. The van der Waals surface area contributed by atoms with E-state index >= 15 is 0 Å². The molecule has 0 radical (unpaired) electrons. The third-order valence-corrected chi connectivity index (χ3v) is 3.18. The van der Waals surface area contributed by atoms with Gasteiger partial charge in [-0.25, -0.2) is 4.39 Å². The van der Waals surface area contributed by atoms with Crippen molar-refractivity contribution in [3.63, 3.8) is 0 Å². The number of hydrogen-bond acceptors (Lipinski definition) is 1. The van der Waals surface area contributed by atoms with Gasteiger partial charge in [0.25, 0.3) is 0 Å². The third kappa shape index (κ3) is 5.53. The van der Waals surface area contributed by atoms with E-state index in [1.54, 1.807) is 12.1 Å². The summed E-state index contributed by atoms with van der Waals surface area (Å²) in [6.07, 6.45) is 5.92. The van der Waals surface area contributed by atoms with Crippen LogP contribution in [0.15, 0.2) is 22.7 Å². The molecule has 1 atom stereocenters. The highest BCUT2D eigenvalue weighted by Gasteiger charge is 2.08. The Morgan fingerprint density at radius 1 is 1.29 bits per heavy atom. The topological polar surface area (TPSA) is 9.23 Å². The summed E-state index contributed by atoms with van der Waals surface area (Å²) in [6, 6.07) is 4.89. The summed E-state index contributed by atoms with van der Waals surface area (Å²) in [6.45, 7) is 4.19. The number of unbranched alkanes of at least 4 members (excludes halogenated alkanes) is 3. The molecule has 0 spiro atoms. The van der Waals surface area contributed by atoms with Crippen LogP contribution in [0.4, 0.5) is 4.39 Å². The van der Waals surface area contributed by atoms with E-state index < -0.39 is 0 Å². The molecular formula is C14H20BrFO. The Balaban J connectivity index is 2.37. The maximum absolute atomic E-state index is 13.5. The minimum absolute atomic E-state index is 0.0718. The van der Waals surface area contributed by atoms with Gasteiger partial charge >= 0.3 is 0 Å². The molecule has 0 aliphatic heterocycles. The van der Waals surface area contributed by atoms with Gasteiger partial charge in [0.2, 0.25) is 0 Å². The summed E-state index contributed by atoms with van der Waals surface area (Å²) < 4.78 is 19.8. The summed E-state index contributed by atoms with van der Waals surface area (Å²) in [5.41, 5.74) is 0. The fourth-order valence-electron chi connectivity index (χ4n) is 1.71. The summed E-state index contributed by atoms with van der Waals surface area (Å²) in [5, 5.41) is 0. The molecule has 1 aromatic carbocycles. The number of hydrogen-bond donors (Lipinski definition) is 0. The van der Waals surface area contributed by atoms with Crippen molar-refractivity contribution in [1.82, 2.24) is 0 Å². The van der Waals surface area contributed by atoms with Crippen molar-refractivity contribution < 1.29 is 9.13 Å². The Bertz CT molecular complexity index is 341. The molecule has 0 fully saturated rings. The monoisotopic (exact) mass is 302 g/mol. The number of rotatable bonds is 7. The van der Waals surface area contributed by atoms with Gasteiger partial charge in [0.1, 0.15) is 0 Å². The van der Waals surface area contributed by atoms with E-state index in [1.165, 1.54) is 25.3 Å². The van der Waals surface area contributed by atoms with Crippen LogP contribution >= 0.6 is 15.9 Å².